The molecule has 27 heavy (non-hydrogen) atoms. The lowest BCUT2D eigenvalue weighted by Gasteiger charge is -2.31. The van der Waals surface area contributed by atoms with Crippen LogP contribution in [0.2, 0.25) is 0 Å². The summed E-state index contributed by atoms with van der Waals surface area (Å²) in [7, 11) is 3.30. The van der Waals surface area contributed by atoms with E-state index in [-0.39, 0.29) is 11.4 Å². The van der Waals surface area contributed by atoms with Crippen molar-refractivity contribution in [2.45, 2.75) is 39.3 Å². The lowest BCUT2D eigenvalue weighted by Crippen LogP contribution is -2.40. The van der Waals surface area contributed by atoms with E-state index in [1.807, 2.05) is 32.9 Å². The molecule has 0 spiro atoms. The molecule has 0 fully saturated rings. The Morgan fingerprint density at radius 1 is 1.07 bits per heavy atom. The van der Waals surface area contributed by atoms with E-state index >= 15 is 0 Å². The molecule has 0 aliphatic carbocycles. The summed E-state index contributed by atoms with van der Waals surface area (Å²) in [6.45, 7) is 7.48. The molecule has 0 atom stereocenters. The molecule has 0 bridgehead atoms. The van der Waals surface area contributed by atoms with Crippen molar-refractivity contribution < 1.29 is 14.3 Å². The summed E-state index contributed by atoms with van der Waals surface area (Å²) in [4.78, 5) is 19.0. The number of ether oxygens (including phenoxy) is 2. The highest BCUT2D eigenvalue weighted by atomic mass is 16.5. The Morgan fingerprint density at radius 2 is 1.74 bits per heavy atom. The summed E-state index contributed by atoms with van der Waals surface area (Å²) in [6.07, 6.45) is 4.31. The van der Waals surface area contributed by atoms with Gasteiger partial charge in [0.1, 0.15) is 0 Å². The number of anilines is 1. The van der Waals surface area contributed by atoms with E-state index in [1.54, 1.807) is 26.6 Å². The van der Waals surface area contributed by atoms with Gasteiger partial charge in [0.25, 0.3) is 5.91 Å². The van der Waals surface area contributed by atoms with E-state index < -0.39 is 0 Å². The maximum absolute atomic E-state index is 12.4. The summed E-state index contributed by atoms with van der Waals surface area (Å²) >= 11 is 0. The zero-order valence-corrected chi connectivity index (χ0v) is 16.6. The number of hydrogen-bond acceptors (Lipinski definition) is 5. The van der Waals surface area contributed by atoms with Crippen molar-refractivity contribution in [2.24, 2.45) is 0 Å². The first-order valence-electron chi connectivity index (χ1n) is 9.07. The average Bonchev–Trinajstić information content (AvgIpc) is 2.65. The van der Waals surface area contributed by atoms with Crippen molar-refractivity contribution in [3.8, 4) is 11.5 Å². The van der Waals surface area contributed by atoms with Gasteiger partial charge in [0.05, 0.1) is 31.7 Å². The third-order valence-electron chi connectivity index (χ3n) is 4.56. The van der Waals surface area contributed by atoms with Gasteiger partial charge in [-0.15, -0.1) is 0 Å². The number of carbonyl (C=O) groups excluding carboxylic acids is 1. The maximum Gasteiger partial charge on any atom is 0.253 e. The molecule has 1 amide bonds. The predicted molar refractivity (Wildman–Crippen MR) is 106 cm³/mol. The van der Waals surface area contributed by atoms with Gasteiger partial charge in [0.2, 0.25) is 0 Å². The first-order chi connectivity index (χ1) is 12.8. The average molecular weight is 369 g/mol. The Balaban J connectivity index is 1.83. The number of methoxy groups -OCH3 is 2. The third kappa shape index (κ3) is 4.32. The van der Waals surface area contributed by atoms with Crippen molar-refractivity contribution in [3.05, 3.63) is 47.3 Å². The SMILES string of the molecule is COc1cc2c(cc1OC)CN(c1cncc(C(=O)NC(C)(C)C)c1)CC2. The second kappa shape index (κ2) is 7.47. The number of benzene rings is 1. The molecule has 6 nitrogen and oxygen atoms in total. The van der Waals surface area contributed by atoms with E-state index in [0.29, 0.717) is 5.56 Å². The quantitative estimate of drug-likeness (QED) is 0.897. The summed E-state index contributed by atoms with van der Waals surface area (Å²) in [6, 6.07) is 5.99. The van der Waals surface area contributed by atoms with Gasteiger partial charge in [-0.1, -0.05) is 0 Å². The first-order valence-corrected chi connectivity index (χ1v) is 9.07. The summed E-state index contributed by atoms with van der Waals surface area (Å²) in [5.41, 5.74) is 3.69. The molecule has 1 N–H and O–H groups in total. The van der Waals surface area contributed by atoms with E-state index in [1.165, 1.54) is 11.1 Å². The maximum atomic E-state index is 12.4. The van der Waals surface area contributed by atoms with E-state index in [4.69, 9.17) is 9.47 Å². The fraction of sp³-hybridized carbons (Fsp3) is 0.429. The Bertz CT molecular complexity index is 843. The van der Waals surface area contributed by atoms with Gasteiger partial charge < -0.3 is 19.7 Å². The fourth-order valence-electron chi connectivity index (χ4n) is 3.24. The number of amides is 1. The largest absolute Gasteiger partial charge is 0.493 e. The number of fused-ring (bicyclic) bond motifs is 1. The zero-order valence-electron chi connectivity index (χ0n) is 16.6. The summed E-state index contributed by atoms with van der Waals surface area (Å²) in [5.74, 6) is 1.38. The lowest BCUT2D eigenvalue weighted by atomic mass is 9.98. The Hall–Kier alpha value is -2.76. The van der Waals surface area contributed by atoms with Crippen LogP contribution in [0.1, 0.15) is 42.3 Å². The van der Waals surface area contributed by atoms with E-state index in [9.17, 15) is 4.79 Å². The molecule has 3 rings (SSSR count). The van der Waals surface area contributed by atoms with Crippen molar-refractivity contribution in [3.63, 3.8) is 0 Å². The number of pyridine rings is 1. The van der Waals surface area contributed by atoms with Crippen LogP contribution in [-0.2, 0) is 13.0 Å². The molecule has 0 saturated carbocycles. The molecule has 2 heterocycles. The van der Waals surface area contributed by atoms with Gasteiger partial charge in [-0.3, -0.25) is 9.78 Å². The minimum atomic E-state index is -0.285. The number of aromatic nitrogens is 1. The van der Waals surface area contributed by atoms with Crippen LogP contribution in [0.15, 0.2) is 30.6 Å². The normalized spacial score (nSPS) is 13.7. The molecule has 1 aromatic heterocycles. The smallest absolute Gasteiger partial charge is 0.253 e. The minimum absolute atomic E-state index is 0.110. The topological polar surface area (TPSA) is 63.7 Å². The molecule has 144 valence electrons. The number of hydrogen-bond donors (Lipinski definition) is 1. The standard InChI is InChI=1S/C21H27N3O3/c1-21(2,3)23-20(25)15-8-17(12-22-11-15)24-7-6-14-9-18(26-4)19(27-5)10-16(14)13-24/h8-12H,6-7,13H2,1-5H3,(H,23,25). The van der Waals surface area contributed by atoms with Gasteiger partial charge in [0, 0.05) is 24.8 Å². The van der Waals surface area contributed by atoms with E-state index in [2.05, 4.69) is 21.3 Å². The Labute approximate surface area is 160 Å². The number of carbonyl (C=O) groups is 1. The monoisotopic (exact) mass is 369 g/mol. The van der Waals surface area contributed by atoms with Crippen LogP contribution in [0.3, 0.4) is 0 Å². The lowest BCUT2D eigenvalue weighted by molar-refractivity contribution is 0.0919. The van der Waals surface area contributed by atoms with Crippen LogP contribution < -0.4 is 19.7 Å². The molecule has 0 unspecified atom stereocenters. The molecule has 1 aliphatic heterocycles. The highest BCUT2D eigenvalue weighted by molar-refractivity contribution is 5.95. The van der Waals surface area contributed by atoms with Gasteiger partial charge in [-0.25, -0.2) is 0 Å². The second-order valence-electron chi connectivity index (χ2n) is 7.78. The van der Waals surface area contributed by atoms with Gasteiger partial charge in [-0.05, 0) is 56.5 Å². The predicted octanol–water partition coefficient (Wildman–Crippen LogP) is 3.19. The van der Waals surface area contributed by atoms with Gasteiger partial charge in [0.15, 0.2) is 11.5 Å². The molecule has 0 radical (unpaired) electrons. The zero-order chi connectivity index (χ0) is 19.6. The van der Waals surface area contributed by atoms with E-state index in [0.717, 1.165) is 36.7 Å². The molecule has 6 heteroatoms. The minimum Gasteiger partial charge on any atom is -0.493 e. The molecule has 1 aliphatic rings. The Kier molecular flexibility index (Phi) is 5.26. The molecular weight excluding hydrogens is 342 g/mol. The summed E-state index contributed by atoms with van der Waals surface area (Å²) in [5, 5.41) is 2.98. The van der Waals surface area contributed by atoms with Crippen LogP contribution in [-0.4, -0.2) is 37.2 Å². The second-order valence-corrected chi connectivity index (χ2v) is 7.78. The van der Waals surface area contributed by atoms with Crippen LogP contribution in [0.5, 0.6) is 11.5 Å². The van der Waals surface area contributed by atoms with Crippen molar-refractivity contribution in [1.29, 1.82) is 0 Å². The Morgan fingerprint density at radius 3 is 2.37 bits per heavy atom. The highest BCUT2D eigenvalue weighted by Crippen LogP contribution is 2.34. The molecule has 2 aromatic rings. The fourth-order valence-corrected chi connectivity index (χ4v) is 3.24. The van der Waals surface area contributed by atoms with Crippen molar-refractivity contribution >= 4 is 11.6 Å². The van der Waals surface area contributed by atoms with Crippen LogP contribution in [0.25, 0.3) is 0 Å². The first kappa shape index (κ1) is 19.0. The molecular formula is C21H27N3O3. The van der Waals surface area contributed by atoms with Gasteiger partial charge >= 0.3 is 0 Å². The van der Waals surface area contributed by atoms with Crippen molar-refractivity contribution in [1.82, 2.24) is 10.3 Å². The number of nitrogens with one attached hydrogen (secondary N) is 1. The summed E-state index contributed by atoms with van der Waals surface area (Å²) < 4.78 is 10.8. The number of nitrogens with zero attached hydrogens (tertiary/aromatic N) is 2. The molecule has 1 aromatic carbocycles. The number of rotatable bonds is 4. The highest BCUT2D eigenvalue weighted by Gasteiger charge is 2.21. The molecule has 0 saturated heterocycles. The van der Waals surface area contributed by atoms with Gasteiger partial charge in [-0.2, -0.15) is 0 Å². The van der Waals surface area contributed by atoms with Crippen LogP contribution in [0, 0.1) is 0 Å². The van der Waals surface area contributed by atoms with Crippen LogP contribution in [0.4, 0.5) is 5.69 Å². The third-order valence-corrected chi connectivity index (χ3v) is 4.56. The van der Waals surface area contributed by atoms with Crippen molar-refractivity contribution in [2.75, 3.05) is 25.7 Å². The van der Waals surface area contributed by atoms with Crippen LogP contribution >= 0.6 is 0 Å².